The quantitative estimate of drug-likeness (QED) is 0.453. The summed E-state index contributed by atoms with van der Waals surface area (Å²) in [5.41, 5.74) is 0.636. The second-order valence-electron chi connectivity index (χ2n) is 5.46. The van der Waals surface area contributed by atoms with Gasteiger partial charge < -0.3 is 19.4 Å². The summed E-state index contributed by atoms with van der Waals surface area (Å²) in [5, 5.41) is 0.513. The lowest BCUT2D eigenvalue weighted by atomic mass is 10.2. The number of ether oxygens (including phenoxy) is 1. The minimum Gasteiger partial charge on any atom is -0.423 e. The highest BCUT2D eigenvalue weighted by molar-refractivity contribution is 6.31. The van der Waals surface area contributed by atoms with Gasteiger partial charge in [0.05, 0.1) is 12.2 Å². The molecule has 0 unspecified atom stereocenters. The fraction of sp³-hybridized carbons (Fsp3) is 0.400. The minimum absolute atomic E-state index is 0.00733. The Morgan fingerprint density at radius 3 is 2.70 bits per heavy atom. The topological polar surface area (TPSA) is 70.2 Å². The van der Waals surface area contributed by atoms with Crippen molar-refractivity contribution in [3.05, 3.63) is 23.2 Å². The molecule has 2 aliphatic heterocycles. The van der Waals surface area contributed by atoms with Gasteiger partial charge in [0.2, 0.25) is 12.3 Å². The van der Waals surface area contributed by atoms with Crippen LogP contribution in [0.4, 0.5) is 5.69 Å². The third-order valence-electron chi connectivity index (χ3n) is 3.95. The molecule has 8 heteroatoms. The molecule has 2 heterocycles. The van der Waals surface area contributed by atoms with Crippen molar-refractivity contribution >= 4 is 35.6 Å². The molecule has 0 N–H and O–H groups in total. The van der Waals surface area contributed by atoms with Gasteiger partial charge in [-0.25, -0.2) is 4.79 Å². The minimum atomic E-state index is -0.404. The molecule has 1 saturated heterocycles. The lowest BCUT2D eigenvalue weighted by Gasteiger charge is -2.35. The molecule has 0 aromatic heterocycles. The molecular weight excluding hydrogens is 322 g/mol. The standard InChI is InChI=1S/C15H16ClN3O4/c16-11-1-2-13-12(7-11)19(9-15(22)23-13)8-14(21)18-5-3-17(10-20)4-6-18/h1-2,7,10H,3-6,8-9H2. The maximum atomic E-state index is 12.5. The smallest absolute Gasteiger partial charge is 0.331 e. The van der Waals surface area contributed by atoms with Crippen LogP contribution >= 0.6 is 11.6 Å². The number of amides is 2. The van der Waals surface area contributed by atoms with Crippen molar-refractivity contribution in [2.45, 2.75) is 0 Å². The lowest BCUT2D eigenvalue weighted by molar-refractivity contribution is -0.135. The van der Waals surface area contributed by atoms with Gasteiger partial charge in [-0.05, 0) is 18.2 Å². The lowest BCUT2D eigenvalue weighted by Crippen LogP contribution is -2.51. The van der Waals surface area contributed by atoms with Crippen molar-refractivity contribution in [2.75, 3.05) is 44.2 Å². The Hall–Kier alpha value is -2.28. The molecule has 0 aliphatic carbocycles. The molecule has 1 aromatic carbocycles. The van der Waals surface area contributed by atoms with E-state index in [-0.39, 0.29) is 19.0 Å². The third kappa shape index (κ3) is 3.39. The number of nitrogens with zero attached hydrogens (tertiary/aromatic N) is 3. The van der Waals surface area contributed by atoms with Crippen LogP contribution in [0.3, 0.4) is 0 Å². The molecule has 1 aromatic rings. The second-order valence-corrected chi connectivity index (χ2v) is 5.90. The molecule has 7 nitrogen and oxygen atoms in total. The average molecular weight is 338 g/mol. The molecule has 23 heavy (non-hydrogen) atoms. The van der Waals surface area contributed by atoms with Crippen LogP contribution < -0.4 is 9.64 Å². The average Bonchev–Trinajstić information content (AvgIpc) is 2.55. The number of carbonyl (C=O) groups is 3. The molecule has 2 amide bonds. The van der Waals surface area contributed by atoms with Crippen molar-refractivity contribution in [1.82, 2.24) is 9.80 Å². The number of hydrogen-bond donors (Lipinski definition) is 0. The highest BCUT2D eigenvalue weighted by atomic mass is 35.5. The van der Waals surface area contributed by atoms with Gasteiger partial charge in [-0.1, -0.05) is 11.6 Å². The molecule has 0 spiro atoms. The summed E-state index contributed by atoms with van der Waals surface area (Å²) in [4.78, 5) is 39.9. The van der Waals surface area contributed by atoms with E-state index < -0.39 is 5.97 Å². The van der Waals surface area contributed by atoms with Gasteiger partial charge in [0.1, 0.15) is 6.54 Å². The SMILES string of the molecule is O=CN1CCN(C(=O)CN2CC(=O)Oc3ccc(Cl)cc32)CC1. The van der Waals surface area contributed by atoms with E-state index in [2.05, 4.69) is 0 Å². The van der Waals surface area contributed by atoms with Crippen LogP contribution in [0.1, 0.15) is 0 Å². The Bertz CT molecular complexity index is 644. The Morgan fingerprint density at radius 1 is 1.26 bits per heavy atom. The van der Waals surface area contributed by atoms with Gasteiger partial charge in [-0.3, -0.25) is 9.59 Å². The highest BCUT2D eigenvalue weighted by Gasteiger charge is 2.28. The molecule has 3 rings (SSSR count). The van der Waals surface area contributed by atoms with Gasteiger partial charge in [-0.2, -0.15) is 0 Å². The first-order valence-electron chi connectivity index (χ1n) is 7.29. The molecule has 1 fully saturated rings. The Balaban J connectivity index is 1.70. The Morgan fingerprint density at radius 2 is 2.00 bits per heavy atom. The monoisotopic (exact) mass is 337 g/mol. The van der Waals surface area contributed by atoms with E-state index in [4.69, 9.17) is 16.3 Å². The number of benzene rings is 1. The van der Waals surface area contributed by atoms with E-state index in [0.29, 0.717) is 42.6 Å². The largest absolute Gasteiger partial charge is 0.423 e. The predicted molar refractivity (Wildman–Crippen MR) is 83.5 cm³/mol. The zero-order chi connectivity index (χ0) is 16.4. The third-order valence-corrected chi connectivity index (χ3v) is 4.18. The molecular formula is C15H16ClN3O4. The number of hydrogen-bond acceptors (Lipinski definition) is 5. The van der Waals surface area contributed by atoms with Crippen LogP contribution in [0, 0.1) is 0 Å². The summed E-state index contributed by atoms with van der Waals surface area (Å²) >= 11 is 5.99. The van der Waals surface area contributed by atoms with E-state index in [1.807, 2.05) is 0 Å². The van der Waals surface area contributed by atoms with Crippen LogP contribution in [0.15, 0.2) is 18.2 Å². The molecule has 122 valence electrons. The van der Waals surface area contributed by atoms with Crippen molar-refractivity contribution < 1.29 is 19.1 Å². The zero-order valence-electron chi connectivity index (χ0n) is 12.4. The van der Waals surface area contributed by atoms with Gasteiger partial charge in [0, 0.05) is 31.2 Å². The van der Waals surface area contributed by atoms with E-state index in [0.717, 1.165) is 6.41 Å². The first kappa shape index (κ1) is 15.6. The molecule has 2 aliphatic rings. The van der Waals surface area contributed by atoms with Gasteiger partial charge in [0.25, 0.3) is 0 Å². The molecule has 0 saturated carbocycles. The summed E-state index contributed by atoms with van der Waals surface area (Å²) in [5.74, 6) is -0.0844. The van der Waals surface area contributed by atoms with Crippen molar-refractivity contribution in [2.24, 2.45) is 0 Å². The van der Waals surface area contributed by atoms with E-state index >= 15 is 0 Å². The van der Waals surface area contributed by atoms with E-state index in [1.165, 1.54) is 0 Å². The maximum absolute atomic E-state index is 12.5. The fourth-order valence-corrected chi connectivity index (χ4v) is 2.87. The normalized spacial score (nSPS) is 17.6. The van der Waals surface area contributed by atoms with Crippen LogP contribution in [0.2, 0.25) is 5.02 Å². The van der Waals surface area contributed by atoms with E-state index in [1.54, 1.807) is 32.9 Å². The van der Waals surface area contributed by atoms with Crippen molar-refractivity contribution in [3.8, 4) is 5.75 Å². The van der Waals surface area contributed by atoms with Crippen LogP contribution in [-0.2, 0) is 14.4 Å². The summed E-state index contributed by atoms with van der Waals surface area (Å²) < 4.78 is 5.16. The molecule has 0 atom stereocenters. The molecule has 0 radical (unpaired) electrons. The van der Waals surface area contributed by atoms with Gasteiger partial charge >= 0.3 is 5.97 Å². The van der Waals surface area contributed by atoms with Crippen LogP contribution in [-0.4, -0.2) is 67.4 Å². The first-order chi connectivity index (χ1) is 11.1. The highest BCUT2D eigenvalue weighted by Crippen LogP contribution is 2.34. The van der Waals surface area contributed by atoms with Gasteiger partial charge in [0.15, 0.2) is 5.75 Å². The fourth-order valence-electron chi connectivity index (χ4n) is 2.70. The number of esters is 1. The summed E-state index contributed by atoms with van der Waals surface area (Å²) in [6.07, 6.45) is 0.792. The maximum Gasteiger partial charge on any atom is 0.331 e. The number of carbonyl (C=O) groups excluding carboxylic acids is 3. The Labute approximate surface area is 138 Å². The second kappa shape index (κ2) is 6.45. The van der Waals surface area contributed by atoms with Gasteiger partial charge in [-0.15, -0.1) is 0 Å². The van der Waals surface area contributed by atoms with E-state index in [9.17, 15) is 14.4 Å². The van der Waals surface area contributed by atoms with Crippen LogP contribution in [0.5, 0.6) is 5.75 Å². The van der Waals surface area contributed by atoms with Crippen LogP contribution in [0.25, 0.3) is 0 Å². The number of fused-ring (bicyclic) bond motifs is 1. The first-order valence-corrected chi connectivity index (χ1v) is 7.67. The Kier molecular flexibility index (Phi) is 4.38. The number of anilines is 1. The number of piperazine rings is 1. The number of rotatable bonds is 3. The predicted octanol–water partition coefficient (Wildman–Crippen LogP) is 0.366. The zero-order valence-corrected chi connectivity index (χ0v) is 13.2. The number of halogens is 1. The summed E-state index contributed by atoms with van der Waals surface area (Å²) in [7, 11) is 0. The molecule has 0 bridgehead atoms. The van der Waals surface area contributed by atoms with Crippen molar-refractivity contribution in [3.63, 3.8) is 0 Å². The summed E-state index contributed by atoms with van der Waals surface area (Å²) in [6, 6.07) is 4.94. The summed E-state index contributed by atoms with van der Waals surface area (Å²) in [6.45, 7) is 2.13. The van der Waals surface area contributed by atoms with Crippen molar-refractivity contribution in [1.29, 1.82) is 0 Å².